The molecule has 6 nitrogen and oxygen atoms in total. The van der Waals surface area contributed by atoms with Crippen LogP contribution in [-0.4, -0.2) is 31.5 Å². The molecule has 102 valence electrons. The minimum atomic E-state index is 0.424. The van der Waals surface area contributed by atoms with Crippen LogP contribution in [0.15, 0.2) is 18.3 Å². The van der Waals surface area contributed by atoms with Gasteiger partial charge in [0.25, 0.3) is 0 Å². The van der Waals surface area contributed by atoms with Gasteiger partial charge >= 0.3 is 0 Å². The third kappa shape index (κ3) is 2.48. The maximum Gasteiger partial charge on any atom is 0.130 e. The van der Waals surface area contributed by atoms with Crippen LogP contribution in [0.1, 0.15) is 5.56 Å². The molecule has 0 fully saturated rings. The molecule has 0 aliphatic heterocycles. The molecule has 2 aromatic rings. The molecule has 0 spiro atoms. The van der Waals surface area contributed by atoms with Gasteiger partial charge in [-0.25, -0.2) is 0 Å². The van der Waals surface area contributed by atoms with Crippen LogP contribution in [-0.2, 0) is 11.3 Å². The predicted octanol–water partition coefficient (Wildman–Crippen LogP) is 1.82. The highest BCUT2D eigenvalue weighted by Gasteiger charge is 2.17. The summed E-state index contributed by atoms with van der Waals surface area (Å²) < 4.78 is 15.9. The van der Waals surface area contributed by atoms with Gasteiger partial charge in [-0.3, -0.25) is 5.10 Å². The first kappa shape index (κ1) is 13.2. The summed E-state index contributed by atoms with van der Waals surface area (Å²) >= 11 is 0. The van der Waals surface area contributed by atoms with Gasteiger partial charge in [0, 0.05) is 24.3 Å². The predicted molar refractivity (Wildman–Crippen MR) is 72.3 cm³/mol. The Labute approximate surface area is 111 Å². The van der Waals surface area contributed by atoms with Crippen LogP contribution in [0.5, 0.6) is 11.5 Å². The average molecular weight is 263 g/mol. The zero-order valence-corrected chi connectivity index (χ0v) is 11.2. The number of H-pyrrole nitrogens is 1. The molecule has 3 N–H and O–H groups in total. The number of nitrogens with zero attached hydrogens (tertiary/aromatic N) is 1. The van der Waals surface area contributed by atoms with E-state index in [1.807, 2.05) is 6.07 Å². The Morgan fingerprint density at radius 2 is 2.00 bits per heavy atom. The average Bonchev–Trinajstić information content (AvgIpc) is 2.84. The maximum atomic E-state index is 5.89. The van der Waals surface area contributed by atoms with E-state index in [2.05, 4.69) is 10.2 Å². The summed E-state index contributed by atoms with van der Waals surface area (Å²) in [6.45, 7) is 0.424. The van der Waals surface area contributed by atoms with Crippen LogP contribution in [0.3, 0.4) is 0 Å². The van der Waals surface area contributed by atoms with Crippen molar-refractivity contribution in [2.45, 2.75) is 6.61 Å². The highest BCUT2D eigenvalue weighted by molar-refractivity contribution is 5.81. The fourth-order valence-electron chi connectivity index (χ4n) is 1.99. The van der Waals surface area contributed by atoms with E-state index >= 15 is 0 Å². The number of aromatic amines is 1. The fourth-order valence-corrected chi connectivity index (χ4v) is 1.99. The second-order valence-corrected chi connectivity index (χ2v) is 3.99. The standard InChI is InChI=1S/C13H17N3O3/c1-17-7-8-4-9(18-2)5-11(19-3)12(8)10-6-15-16-13(10)14/h4-6H,7H2,1-3H3,(H3,14,15,16). The lowest BCUT2D eigenvalue weighted by atomic mass is 10.0. The van der Waals surface area contributed by atoms with Crippen LogP contribution >= 0.6 is 0 Å². The Balaban J connectivity index is 2.65. The minimum Gasteiger partial charge on any atom is -0.497 e. The molecule has 2 rings (SSSR count). The van der Waals surface area contributed by atoms with Crippen molar-refractivity contribution in [3.63, 3.8) is 0 Å². The maximum absolute atomic E-state index is 5.89. The van der Waals surface area contributed by atoms with Crippen molar-refractivity contribution >= 4 is 5.82 Å². The number of hydrogen-bond acceptors (Lipinski definition) is 5. The zero-order valence-electron chi connectivity index (χ0n) is 11.2. The van der Waals surface area contributed by atoms with Crippen LogP contribution in [0, 0.1) is 0 Å². The van der Waals surface area contributed by atoms with Gasteiger partial charge in [-0.05, 0) is 11.6 Å². The largest absolute Gasteiger partial charge is 0.497 e. The smallest absolute Gasteiger partial charge is 0.130 e. The lowest BCUT2D eigenvalue weighted by Crippen LogP contribution is -1.99. The highest BCUT2D eigenvalue weighted by Crippen LogP contribution is 2.39. The molecule has 19 heavy (non-hydrogen) atoms. The first-order chi connectivity index (χ1) is 9.21. The normalized spacial score (nSPS) is 10.5. The molecule has 0 aliphatic rings. The monoisotopic (exact) mass is 263 g/mol. The van der Waals surface area contributed by atoms with E-state index in [1.54, 1.807) is 33.6 Å². The minimum absolute atomic E-state index is 0.424. The van der Waals surface area contributed by atoms with Gasteiger partial charge < -0.3 is 19.9 Å². The zero-order chi connectivity index (χ0) is 13.8. The van der Waals surface area contributed by atoms with Gasteiger partial charge in [0.2, 0.25) is 0 Å². The number of benzene rings is 1. The van der Waals surface area contributed by atoms with Crippen LogP contribution < -0.4 is 15.2 Å². The van der Waals surface area contributed by atoms with E-state index < -0.39 is 0 Å². The van der Waals surface area contributed by atoms with E-state index in [0.717, 1.165) is 16.7 Å². The molecule has 1 heterocycles. The van der Waals surface area contributed by atoms with Gasteiger partial charge in [-0.2, -0.15) is 5.10 Å². The molecule has 0 saturated heterocycles. The molecule has 0 atom stereocenters. The van der Waals surface area contributed by atoms with Gasteiger partial charge in [0.05, 0.1) is 27.0 Å². The summed E-state index contributed by atoms with van der Waals surface area (Å²) in [4.78, 5) is 0. The first-order valence-corrected chi connectivity index (χ1v) is 5.74. The van der Waals surface area contributed by atoms with E-state index in [1.165, 1.54) is 0 Å². The number of rotatable bonds is 5. The van der Waals surface area contributed by atoms with Gasteiger partial charge in [0.15, 0.2) is 0 Å². The first-order valence-electron chi connectivity index (χ1n) is 5.74. The van der Waals surface area contributed by atoms with Crippen molar-refractivity contribution in [3.05, 3.63) is 23.9 Å². The molecule has 1 aromatic heterocycles. The summed E-state index contributed by atoms with van der Waals surface area (Å²) in [5, 5.41) is 6.66. The number of anilines is 1. The van der Waals surface area contributed by atoms with E-state index in [0.29, 0.717) is 23.9 Å². The summed E-state index contributed by atoms with van der Waals surface area (Å²) in [6, 6.07) is 3.70. The molecular weight excluding hydrogens is 246 g/mol. The Morgan fingerprint density at radius 3 is 2.53 bits per heavy atom. The fraction of sp³-hybridized carbons (Fsp3) is 0.308. The molecule has 0 saturated carbocycles. The molecule has 1 aromatic carbocycles. The van der Waals surface area contributed by atoms with Crippen LogP contribution in [0.2, 0.25) is 0 Å². The molecular formula is C13H17N3O3. The lowest BCUT2D eigenvalue weighted by molar-refractivity contribution is 0.184. The van der Waals surface area contributed by atoms with Gasteiger partial charge in [-0.1, -0.05) is 0 Å². The third-order valence-electron chi connectivity index (χ3n) is 2.85. The molecule has 0 amide bonds. The van der Waals surface area contributed by atoms with Crippen molar-refractivity contribution in [3.8, 4) is 22.6 Å². The Morgan fingerprint density at radius 1 is 1.21 bits per heavy atom. The van der Waals surface area contributed by atoms with Gasteiger partial charge in [-0.15, -0.1) is 0 Å². The summed E-state index contributed by atoms with van der Waals surface area (Å²) in [7, 11) is 4.84. The molecule has 0 bridgehead atoms. The Bertz CT molecular complexity index is 566. The number of nitrogen functional groups attached to an aromatic ring is 1. The lowest BCUT2D eigenvalue weighted by Gasteiger charge is -2.15. The van der Waals surface area contributed by atoms with Gasteiger partial charge in [0.1, 0.15) is 17.3 Å². The van der Waals surface area contributed by atoms with Crippen LogP contribution in [0.25, 0.3) is 11.1 Å². The van der Waals surface area contributed by atoms with Crippen LogP contribution in [0.4, 0.5) is 5.82 Å². The Hall–Kier alpha value is -2.21. The van der Waals surface area contributed by atoms with Crippen molar-refractivity contribution < 1.29 is 14.2 Å². The number of hydrogen-bond donors (Lipinski definition) is 2. The van der Waals surface area contributed by atoms with Crippen molar-refractivity contribution in [1.82, 2.24) is 10.2 Å². The number of ether oxygens (including phenoxy) is 3. The molecule has 6 heteroatoms. The summed E-state index contributed by atoms with van der Waals surface area (Å²) in [5.74, 6) is 1.86. The van der Waals surface area contributed by atoms with E-state index in [4.69, 9.17) is 19.9 Å². The molecule has 0 unspecified atom stereocenters. The summed E-state index contributed by atoms with van der Waals surface area (Å²) in [5.41, 5.74) is 8.45. The Kier molecular flexibility index (Phi) is 3.91. The van der Waals surface area contributed by atoms with Crippen molar-refractivity contribution in [2.24, 2.45) is 0 Å². The quantitative estimate of drug-likeness (QED) is 0.859. The SMILES string of the molecule is COCc1cc(OC)cc(OC)c1-c1cn[nH]c1N. The number of nitrogens with one attached hydrogen (secondary N) is 1. The highest BCUT2D eigenvalue weighted by atomic mass is 16.5. The molecule has 0 radical (unpaired) electrons. The van der Waals surface area contributed by atoms with Crippen molar-refractivity contribution in [2.75, 3.05) is 27.1 Å². The second-order valence-electron chi connectivity index (χ2n) is 3.99. The third-order valence-corrected chi connectivity index (χ3v) is 2.85. The second kappa shape index (κ2) is 5.62. The van der Waals surface area contributed by atoms with E-state index in [9.17, 15) is 0 Å². The van der Waals surface area contributed by atoms with Crippen molar-refractivity contribution in [1.29, 1.82) is 0 Å². The summed E-state index contributed by atoms with van der Waals surface area (Å²) in [6.07, 6.45) is 1.67. The van der Waals surface area contributed by atoms with E-state index in [-0.39, 0.29) is 0 Å². The topological polar surface area (TPSA) is 82.4 Å². The number of methoxy groups -OCH3 is 3. The molecule has 0 aliphatic carbocycles. The number of aromatic nitrogens is 2. The number of nitrogens with two attached hydrogens (primary N) is 1.